The van der Waals surface area contributed by atoms with Gasteiger partial charge in [0.2, 0.25) is 0 Å². The molecular formula is C19H19NO2. The molecule has 2 aromatic carbocycles. The fourth-order valence-electron chi connectivity index (χ4n) is 2.78. The van der Waals surface area contributed by atoms with Gasteiger partial charge in [0, 0.05) is 29.1 Å². The summed E-state index contributed by atoms with van der Waals surface area (Å²) in [6.07, 6.45) is 2.50. The van der Waals surface area contributed by atoms with Gasteiger partial charge in [-0.2, -0.15) is 0 Å². The minimum absolute atomic E-state index is 0.153. The second-order valence-electron chi connectivity index (χ2n) is 5.55. The van der Waals surface area contributed by atoms with Gasteiger partial charge in [-0.25, -0.2) is 0 Å². The number of H-pyrrole nitrogens is 1. The van der Waals surface area contributed by atoms with Crippen molar-refractivity contribution in [2.24, 2.45) is 0 Å². The smallest absolute Gasteiger partial charge is 0.163 e. The van der Waals surface area contributed by atoms with Crippen molar-refractivity contribution in [1.82, 2.24) is 4.98 Å². The quantitative estimate of drug-likeness (QED) is 0.701. The molecule has 0 fully saturated rings. The van der Waals surface area contributed by atoms with Crippen LogP contribution in [0.15, 0.2) is 54.7 Å². The zero-order chi connectivity index (χ0) is 15.5. The number of hydrogen-bond acceptors (Lipinski definition) is 2. The van der Waals surface area contributed by atoms with E-state index in [2.05, 4.69) is 24.0 Å². The van der Waals surface area contributed by atoms with E-state index in [4.69, 9.17) is 4.74 Å². The highest BCUT2D eigenvalue weighted by molar-refractivity contribution is 5.97. The molecule has 1 heterocycles. The maximum Gasteiger partial charge on any atom is 0.163 e. The highest BCUT2D eigenvalue weighted by Gasteiger charge is 2.16. The van der Waals surface area contributed by atoms with Gasteiger partial charge >= 0.3 is 0 Å². The molecule has 0 bridgehead atoms. The second-order valence-corrected chi connectivity index (χ2v) is 5.55. The number of para-hydroxylation sites is 1. The Morgan fingerprint density at radius 3 is 2.59 bits per heavy atom. The predicted octanol–water partition coefficient (Wildman–Crippen LogP) is 4.55. The van der Waals surface area contributed by atoms with Gasteiger partial charge in [0.25, 0.3) is 0 Å². The number of carbonyl (C=O) groups excluding carboxylic acids is 1. The number of benzene rings is 2. The van der Waals surface area contributed by atoms with Gasteiger partial charge < -0.3 is 9.72 Å². The van der Waals surface area contributed by atoms with Crippen molar-refractivity contribution in [3.8, 4) is 5.75 Å². The lowest BCUT2D eigenvalue weighted by atomic mass is 9.93. The molecule has 22 heavy (non-hydrogen) atoms. The Hall–Kier alpha value is -2.55. The molecule has 0 unspecified atom stereocenters. The zero-order valence-electron chi connectivity index (χ0n) is 12.8. The van der Waals surface area contributed by atoms with Gasteiger partial charge in [-0.1, -0.05) is 25.1 Å². The Labute approximate surface area is 129 Å². The summed E-state index contributed by atoms with van der Waals surface area (Å²) in [4.78, 5) is 15.7. The first-order valence-electron chi connectivity index (χ1n) is 7.42. The van der Waals surface area contributed by atoms with Crippen LogP contribution in [0.1, 0.15) is 35.2 Å². The summed E-state index contributed by atoms with van der Waals surface area (Å²) in [7, 11) is 1.62. The molecule has 1 atom stereocenters. The largest absolute Gasteiger partial charge is 0.497 e. The molecule has 0 saturated heterocycles. The summed E-state index contributed by atoms with van der Waals surface area (Å²) in [5.74, 6) is 1.09. The molecule has 112 valence electrons. The fourth-order valence-corrected chi connectivity index (χ4v) is 2.78. The lowest BCUT2D eigenvalue weighted by molar-refractivity contribution is 0.0976. The molecule has 3 heteroatoms. The second kappa shape index (κ2) is 6.06. The van der Waals surface area contributed by atoms with Crippen LogP contribution in [0.3, 0.4) is 0 Å². The van der Waals surface area contributed by atoms with Crippen LogP contribution in [0.4, 0.5) is 0 Å². The predicted molar refractivity (Wildman–Crippen MR) is 88.7 cm³/mol. The van der Waals surface area contributed by atoms with E-state index in [0.717, 1.165) is 16.8 Å². The number of hydrogen-bond donors (Lipinski definition) is 1. The van der Waals surface area contributed by atoms with Crippen LogP contribution in [-0.2, 0) is 0 Å². The SMILES string of the molecule is COc1ccc(C(=O)C[C@@H](C)c2c[nH]c3ccccc23)cc1. The molecule has 0 saturated carbocycles. The number of ether oxygens (including phenoxy) is 1. The first-order chi connectivity index (χ1) is 10.7. The summed E-state index contributed by atoms with van der Waals surface area (Å²) >= 11 is 0. The number of Topliss-reactive ketones (excluding diaryl/α,β-unsaturated/α-hetero) is 1. The number of aromatic nitrogens is 1. The van der Waals surface area contributed by atoms with Gasteiger partial charge in [-0.05, 0) is 41.8 Å². The summed E-state index contributed by atoms with van der Waals surface area (Å²) in [5.41, 5.74) is 3.03. The molecule has 3 rings (SSSR count). The third-order valence-corrected chi connectivity index (χ3v) is 4.06. The van der Waals surface area contributed by atoms with E-state index in [0.29, 0.717) is 6.42 Å². The summed E-state index contributed by atoms with van der Waals surface area (Å²) < 4.78 is 5.12. The maximum absolute atomic E-state index is 12.4. The highest BCUT2D eigenvalue weighted by atomic mass is 16.5. The first kappa shape index (κ1) is 14.4. The molecule has 1 N–H and O–H groups in total. The van der Waals surface area contributed by atoms with Crippen LogP contribution in [0, 0.1) is 0 Å². The van der Waals surface area contributed by atoms with E-state index in [1.807, 2.05) is 42.6 Å². The lowest BCUT2D eigenvalue weighted by Crippen LogP contribution is -2.04. The Morgan fingerprint density at radius 1 is 1.14 bits per heavy atom. The standard InChI is InChI=1S/C19H19NO2/c1-13(17-12-20-18-6-4-3-5-16(17)18)11-19(21)14-7-9-15(22-2)10-8-14/h3-10,12-13,20H,11H2,1-2H3/t13-/m1/s1. The maximum atomic E-state index is 12.4. The Kier molecular flexibility index (Phi) is 3.96. The van der Waals surface area contributed by atoms with E-state index < -0.39 is 0 Å². The van der Waals surface area contributed by atoms with Gasteiger partial charge in [0.1, 0.15) is 5.75 Å². The molecule has 0 spiro atoms. The van der Waals surface area contributed by atoms with Crippen LogP contribution in [-0.4, -0.2) is 17.9 Å². The third kappa shape index (κ3) is 2.75. The summed E-state index contributed by atoms with van der Waals surface area (Å²) in [6.45, 7) is 2.09. The molecule has 0 aliphatic carbocycles. The van der Waals surface area contributed by atoms with E-state index in [1.165, 1.54) is 10.9 Å². The van der Waals surface area contributed by atoms with E-state index in [9.17, 15) is 4.79 Å². The number of nitrogens with one attached hydrogen (secondary N) is 1. The number of carbonyl (C=O) groups is 1. The number of ketones is 1. The van der Waals surface area contributed by atoms with Crippen molar-refractivity contribution >= 4 is 16.7 Å². The average molecular weight is 293 g/mol. The highest BCUT2D eigenvalue weighted by Crippen LogP contribution is 2.28. The van der Waals surface area contributed by atoms with Crippen molar-refractivity contribution in [2.75, 3.05) is 7.11 Å². The van der Waals surface area contributed by atoms with Crippen molar-refractivity contribution in [3.05, 3.63) is 65.9 Å². The van der Waals surface area contributed by atoms with Gasteiger partial charge in [0.15, 0.2) is 5.78 Å². The molecule has 3 nitrogen and oxygen atoms in total. The molecular weight excluding hydrogens is 274 g/mol. The van der Waals surface area contributed by atoms with Crippen molar-refractivity contribution in [2.45, 2.75) is 19.3 Å². The Morgan fingerprint density at radius 2 is 1.86 bits per heavy atom. The number of fused-ring (bicyclic) bond motifs is 1. The van der Waals surface area contributed by atoms with Gasteiger partial charge in [-0.3, -0.25) is 4.79 Å². The monoisotopic (exact) mass is 293 g/mol. The molecule has 0 radical (unpaired) electrons. The Balaban J connectivity index is 1.78. The molecule has 1 aromatic heterocycles. The van der Waals surface area contributed by atoms with E-state index in [1.54, 1.807) is 7.11 Å². The van der Waals surface area contributed by atoms with Crippen LogP contribution >= 0.6 is 0 Å². The topological polar surface area (TPSA) is 42.1 Å². The van der Waals surface area contributed by atoms with Crippen LogP contribution in [0.25, 0.3) is 10.9 Å². The van der Waals surface area contributed by atoms with Gasteiger partial charge in [0.05, 0.1) is 7.11 Å². The first-order valence-corrected chi connectivity index (χ1v) is 7.42. The molecule has 3 aromatic rings. The van der Waals surface area contributed by atoms with E-state index in [-0.39, 0.29) is 11.7 Å². The summed E-state index contributed by atoms with van der Waals surface area (Å²) in [5, 5.41) is 1.19. The van der Waals surface area contributed by atoms with Crippen LogP contribution < -0.4 is 4.74 Å². The molecule has 0 aliphatic heterocycles. The Bertz CT molecular complexity index is 787. The number of rotatable bonds is 5. The lowest BCUT2D eigenvalue weighted by Gasteiger charge is -2.10. The third-order valence-electron chi connectivity index (χ3n) is 4.06. The summed E-state index contributed by atoms with van der Waals surface area (Å²) in [6, 6.07) is 15.5. The van der Waals surface area contributed by atoms with Crippen LogP contribution in [0.5, 0.6) is 5.75 Å². The average Bonchev–Trinajstić information content (AvgIpc) is 2.99. The minimum Gasteiger partial charge on any atom is -0.497 e. The van der Waals surface area contributed by atoms with Crippen LogP contribution in [0.2, 0.25) is 0 Å². The fraction of sp³-hybridized carbons (Fsp3) is 0.211. The molecule has 0 amide bonds. The number of methoxy groups -OCH3 is 1. The van der Waals surface area contributed by atoms with Crippen molar-refractivity contribution in [1.29, 1.82) is 0 Å². The van der Waals surface area contributed by atoms with E-state index >= 15 is 0 Å². The normalized spacial score (nSPS) is 12.3. The minimum atomic E-state index is 0.153. The molecule has 0 aliphatic rings. The van der Waals surface area contributed by atoms with Gasteiger partial charge in [-0.15, -0.1) is 0 Å². The van der Waals surface area contributed by atoms with Crippen molar-refractivity contribution in [3.63, 3.8) is 0 Å². The number of aromatic amines is 1. The van der Waals surface area contributed by atoms with Crippen molar-refractivity contribution < 1.29 is 9.53 Å². The zero-order valence-corrected chi connectivity index (χ0v) is 12.8.